The third-order valence-corrected chi connectivity index (χ3v) is 5.83. The Morgan fingerprint density at radius 3 is 2.41 bits per heavy atom. The van der Waals surface area contributed by atoms with E-state index < -0.39 is 0 Å². The molecule has 2 aromatic rings. The van der Waals surface area contributed by atoms with Crippen LogP contribution in [0.3, 0.4) is 0 Å². The van der Waals surface area contributed by atoms with Crippen molar-refractivity contribution in [1.82, 2.24) is 20.7 Å². The van der Waals surface area contributed by atoms with Gasteiger partial charge < -0.3 is 4.90 Å². The van der Waals surface area contributed by atoms with Gasteiger partial charge in [-0.3, -0.25) is 9.69 Å². The lowest BCUT2D eigenvalue weighted by Crippen LogP contribution is -2.55. The van der Waals surface area contributed by atoms with Crippen molar-refractivity contribution in [3.63, 3.8) is 0 Å². The molecule has 1 amide bonds. The smallest absolute Gasteiger partial charge is 0.254 e. The number of benzene rings is 2. The minimum absolute atomic E-state index is 0.143. The standard InChI is InChI=1S/C21H25ClN4O/c1-15-4-2-3-5-18(15)21(27)26-12-10-25(11-13-26)20-14-19(23-24-20)16-6-8-17(22)9-7-16/h2-9,19-20,23-24H,10-14H2,1H3. The van der Waals surface area contributed by atoms with Crippen LogP contribution in [-0.2, 0) is 0 Å². The highest BCUT2D eigenvalue weighted by Gasteiger charge is 2.32. The van der Waals surface area contributed by atoms with E-state index in [4.69, 9.17) is 11.6 Å². The molecule has 4 rings (SSSR count). The van der Waals surface area contributed by atoms with Gasteiger partial charge in [-0.15, -0.1) is 0 Å². The van der Waals surface area contributed by atoms with E-state index in [0.717, 1.165) is 48.7 Å². The van der Waals surface area contributed by atoms with Crippen LogP contribution in [0.15, 0.2) is 48.5 Å². The summed E-state index contributed by atoms with van der Waals surface area (Å²) < 4.78 is 0. The first-order valence-corrected chi connectivity index (χ1v) is 9.85. The second-order valence-electron chi connectivity index (χ2n) is 7.29. The fraction of sp³-hybridized carbons (Fsp3) is 0.381. The van der Waals surface area contributed by atoms with Gasteiger partial charge in [0.15, 0.2) is 0 Å². The monoisotopic (exact) mass is 384 g/mol. The summed E-state index contributed by atoms with van der Waals surface area (Å²) in [5, 5.41) is 0.760. The lowest BCUT2D eigenvalue weighted by Gasteiger charge is -2.37. The fourth-order valence-electron chi connectivity index (χ4n) is 3.91. The second kappa shape index (κ2) is 7.98. The van der Waals surface area contributed by atoms with Crippen molar-refractivity contribution in [3.8, 4) is 0 Å². The van der Waals surface area contributed by atoms with E-state index in [9.17, 15) is 4.79 Å². The van der Waals surface area contributed by atoms with Crippen LogP contribution in [0.2, 0.25) is 5.02 Å². The molecule has 0 radical (unpaired) electrons. The average Bonchev–Trinajstić information content (AvgIpc) is 3.19. The summed E-state index contributed by atoms with van der Waals surface area (Å²) in [7, 11) is 0. The van der Waals surface area contributed by atoms with Gasteiger partial charge in [0.1, 0.15) is 0 Å². The van der Waals surface area contributed by atoms with Gasteiger partial charge >= 0.3 is 0 Å². The highest BCUT2D eigenvalue weighted by atomic mass is 35.5. The maximum Gasteiger partial charge on any atom is 0.254 e. The molecule has 142 valence electrons. The lowest BCUT2D eigenvalue weighted by molar-refractivity contribution is 0.0544. The molecule has 0 saturated carbocycles. The summed E-state index contributed by atoms with van der Waals surface area (Å²) in [6.45, 7) is 5.27. The zero-order chi connectivity index (χ0) is 18.8. The molecule has 2 aliphatic heterocycles. The maximum atomic E-state index is 12.8. The summed E-state index contributed by atoms with van der Waals surface area (Å²) in [4.78, 5) is 17.2. The van der Waals surface area contributed by atoms with Gasteiger partial charge in [0.25, 0.3) is 5.91 Å². The van der Waals surface area contributed by atoms with E-state index in [1.807, 2.05) is 48.2 Å². The number of nitrogens with zero attached hydrogens (tertiary/aromatic N) is 2. The van der Waals surface area contributed by atoms with Crippen LogP contribution in [0.4, 0.5) is 0 Å². The Balaban J connectivity index is 1.33. The first-order chi connectivity index (χ1) is 13.1. The van der Waals surface area contributed by atoms with Crippen molar-refractivity contribution in [2.45, 2.75) is 25.6 Å². The van der Waals surface area contributed by atoms with Crippen LogP contribution in [0, 0.1) is 6.92 Å². The van der Waals surface area contributed by atoms with Gasteiger partial charge in [0.05, 0.1) is 6.17 Å². The Bertz CT molecular complexity index is 802. The molecule has 2 aromatic carbocycles. The summed E-state index contributed by atoms with van der Waals surface area (Å²) in [6.07, 6.45) is 1.27. The lowest BCUT2D eigenvalue weighted by atomic mass is 10.0. The third-order valence-electron chi connectivity index (χ3n) is 5.57. The quantitative estimate of drug-likeness (QED) is 0.854. The summed E-state index contributed by atoms with van der Waals surface area (Å²) in [5.74, 6) is 0.143. The average molecular weight is 385 g/mol. The largest absolute Gasteiger partial charge is 0.336 e. The van der Waals surface area contributed by atoms with Gasteiger partial charge in [-0.1, -0.05) is 41.9 Å². The predicted octanol–water partition coefficient (Wildman–Crippen LogP) is 2.97. The molecule has 0 aliphatic carbocycles. The van der Waals surface area contributed by atoms with E-state index in [0.29, 0.717) is 0 Å². The Labute approximate surface area is 165 Å². The van der Waals surface area contributed by atoms with E-state index >= 15 is 0 Å². The number of piperazine rings is 1. The van der Waals surface area contributed by atoms with Crippen molar-refractivity contribution in [3.05, 3.63) is 70.2 Å². The van der Waals surface area contributed by atoms with Crippen molar-refractivity contribution >= 4 is 17.5 Å². The van der Waals surface area contributed by atoms with Gasteiger partial charge in [-0.25, -0.2) is 10.9 Å². The van der Waals surface area contributed by atoms with Crippen LogP contribution in [0.1, 0.15) is 33.9 Å². The minimum Gasteiger partial charge on any atom is -0.336 e. The van der Waals surface area contributed by atoms with Crippen LogP contribution >= 0.6 is 11.6 Å². The van der Waals surface area contributed by atoms with E-state index in [-0.39, 0.29) is 18.1 Å². The Kier molecular flexibility index (Phi) is 5.45. The minimum atomic E-state index is 0.143. The Morgan fingerprint density at radius 2 is 1.70 bits per heavy atom. The SMILES string of the molecule is Cc1ccccc1C(=O)N1CCN(C2CC(c3ccc(Cl)cc3)NN2)CC1. The van der Waals surface area contributed by atoms with Crippen LogP contribution in [0.5, 0.6) is 0 Å². The fourth-order valence-corrected chi connectivity index (χ4v) is 4.04. The molecule has 27 heavy (non-hydrogen) atoms. The van der Waals surface area contributed by atoms with Crippen LogP contribution in [-0.4, -0.2) is 48.1 Å². The van der Waals surface area contributed by atoms with Crippen molar-refractivity contribution < 1.29 is 4.79 Å². The molecule has 2 atom stereocenters. The number of aryl methyl sites for hydroxylation is 1. The van der Waals surface area contributed by atoms with Gasteiger partial charge in [0.2, 0.25) is 0 Å². The van der Waals surface area contributed by atoms with Gasteiger partial charge in [-0.05, 0) is 42.7 Å². The Morgan fingerprint density at radius 1 is 1.00 bits per heavy atom. The number of hydrogen-bond donors (Lipinski definition) is 2. The molecule has 0 spiro atoms. The molecule has 5 nitrogen and oxygen atoms in total. The molecule has 0 aromatic heterocycles. The number of hydrogen-bond acceptors (Lipinski definition) is 4. The number of nitrogens with one attached hydrogen (secondary N) is 2. The molecule has 2 aliphatic rings. The van der Waals surface area contributed by atoms with Crippen LogP contribution < -0.4 is 10.9 Å². The molecule has 6 heteroatoms. The van der Waals surface area contributed by atoms with Gasteiger partial charge in [0, 0.05) is 42.8 Å². The molecule has 2 fully saturated rings. The highest BCUT2D eigenvalue weighted by Crippen LogP contribution is 2.25. The zero-order valence-electron chi connectivity index (χ0n) is 15.5. The normalized spacial score (nSPS) is 23.6. The number of halogens is 1. The maximum absolute atomic E-state index is 12.8. The number of carbonyl (C=O) groups excluding carboxylic acids is 1. The first kappa shape index (κ1) is 18.4. The molecule has 2 heterocycles. The van der Waals surface area contributed by atoms with Crippen molar-refractivity contribution in [1.29, 1.82) is 0 Å². The summed E-state index contributed by atoms with van der Waals surface area (Å²) in [6, 6.07) is 16.1. The van der Waals surface area contributed by atoms with Crippen LogP contribution in [0.25, 0.3) is 0 Å². The molecular formula is C21H25ClN4O. The molecule has 2 unspecified atom stereocenters. The third kappa shape index (κ3) is 4.01. The van der Waals surface area contributed by atoms with E-state index in [1.54, 1.807) is 0 Å². The van der Waals surface area contributed by atoms with Crippen molar-refractivity contribution in [2.75, 3.05) is 26.2 Å². The highest BCUT2D eigenvalue weighted by molar-refractivity contribution is 6.30. The molecule has 2 N–H and O–H groups in total. The Hall–Kier alpha value is -1.92. The number of carbonyl (C=O) groups is 1. The zero-order valence-corrected chi connectivity index (χ0v) is 16.2. The summed E-state index contributed by atoms with van der Waals surface area (Å²) in [5.41, 5.74) is 9.90. The predicted molar refractivity (Wildman–Crippen MR) is 108 cm³/mol. The number of rotatable bonds is 3. The number of hydrazine groups is 1. The summed E-state index contributed by atoms with van der Waals surface area (Å²) >= 11 is 5.99. The number of amides is 1. The topological polar surface area (TPSA) is 47.6 Å². The molecule has 2 saturated heterocycles. The first-order valence-electron chi connectivity index (χ1n) is 9.47. The molecule has 0 bridgehead atoms. The van der Waals surface area contributed by atoms with Gasteiger partial charge in [-0.2, -0.15) is 0 Å². The second-order valence-corrected chi connectivity index (χ2v) is 7.72. The van der Waals surface area contributed by atoms with E-state index in [1.165, 1.54) is 5.56 Å². The molecular weight excluding hydrogens is 360 g/mol. The van der Waals surface area contributed by atoms with Crippen molar-refractivity contribution in [2.24, 2.45) is 0 Å². The van der Waals surface area contributed by atoms with E-state index in [2.05, 4.69) is 27.9 Å².